The number of aliphatic imine (C=N–C) groups is 1. The molecule has 1 fully saturated rings. The van der Waals surface area contributed by atoms with Gasteiger partial charge in [-0.1, -0.05) is 84.9 Å². The molecule has 1 heterocycles. The number of rotatable bonds is 12. The molecule has 40 heavy (non-hydrogen) atoms. The fourth-order valence-corrected chi connectivity index (χ4v) is 4.82. The molecular weight excluding hydrogens is 556 g/mol. The molecule has 0 aromatic heterocycles. The van der Waals surface area contributed by atoms with Crippen LogP contribution in [0.3, 0.4) is 0 Å². The van der Waals surface area contributed by atoms with E-state index in [4.69, 9.17) is 5.32 Å². The second kappa shape index (κ2) is 15.3. The summed E-state index contributed by atoms with van der Waals surface area (Å²) < 4.78 is 18.8. The minimum Gasteiger partial charge on any atom is -0.683 e. The normalized spacial score (nSPS) is 16.9. The fourth-order valence-electron chi connectivity index (χ4n) is 4.82. The second-order valence-electron chi connectivity index (χ2n) is 9.53. The summed E-state index contributed by atoms with van der Waals surface area (Å²) in [4.78, 5) is 30.6. The van der Waals surface area contributed by atoms with Crippen LogP contribution in [0.4, 0.5) is 10.1 Å². The van der Waals surface area contributed by atoms with E-state index in [0.29, 0.717) is 29.1 Å². The summed E-state index contributed by atoms with van der Waals surface area (Å²) in [5.74, 6) is -2.45. The second-order valence-corrected chi connectivity index (χ2v) is 9.53. The number of aliphatic carboxylic acids is 1. The maximum atomic E-state index is 14.4. The number of likely N-dealkylation sites (tertiary alicyclic amines) is 1. The Labute approximate surface area is 244 Å². The molecule has 0 aliphatic carbocycles. The van der Waals surface area contributed by atoms with Crippen molar-refractivity contribution in [2.45, 2.75) is 44.1 Å². The summed E-state index contributed by atoms with van der Waals surface area (Å²) >= 11 is 0. The molecule has 1 aliphatic rings. The number of hydrogen-bond donors (Lipinski definition) is 1. The molecule has 0 spiro atoms. The van der Waals surface area contributed by atoms with Crippen LogP contribution in [-0.4, -0.2) is 66.1 Å². The summed E-state index contributed by atoms with van der Waals surface area (Å²) in [6, 6.07) is 25.8. The Morgan fingerprint density at radius 2 is 1.70 bits per heavy atom. The zero-order chi connectivity index (χ0) is 27.6. The van der Waals surface area contributed by atoms with Gasteiger partial charge >= 0.3 is 28.4 Å². The van der Waals surface area contributed by atoms with Crippen molar-refractivity contribution in [2.75, 3.05) is 20.2 Å². The molecule has 3 aromatic rings. The van der Waals surface area contributed by atoms with Gasteiger partial charge in [-0.3, -0.25) is 9.89 Å². The molecule has 0 radical (unpaired) electrons. The van der Waals surface area contributed by atoms with Gasteiger partial charge in [-0.2, -0.15) is 0 Å². The number of nitrogens with zero attached hydrogens (tertiary/aromatic N) is 3. The third-order valence-electron chi connectivity index (χ3n) is 6.86. The topological polar surface area (TPSA) is 93.3 Å². The Morgan fingerprint density at radius 1 is 1.05 bits per heavy atom. The average Bonchev–Trinajstić information content (AvgIpc) is 3.41. The van der Waals surface area contributed by atoms with E-state index in [9.17, 15) is 19.1 Å². The van der Waals surface area contributed by atoms with Crippen LogP contribution in [-0.2, 0) is 37.4 Å². The van der Waals surface area contributed by atoms with E-state index in [1.54, 1.807) is 0 Å². The van der Waals surface area contributed by atoms with Crippen LogP contribution in [0.15, 0.2) is 89.9 Å². The number of carbonyl (C=O) groups excluding carboxylic acids is 1. The largest absolute Gasteiger partial charge is 2.00 e. The van der Waals surface area contributed by atoms with Crippen molar-refractivity contribution < 1.29 is 40.3 Å². The smallest absolute Gasteiger partial charge is 0.683 e. The molecule has 0 bridgehead atoms. The molecule has 3 unspecified atom stereocenters. The van der Waals surface area contributed by atoms with Crippen LogP contribution in [0.2, 0.25) is 0 Å². The van der Waals surface area contributed by atoms with Crippen molar-refractivity contribution in [3.8, 4) is 0 Å². The maximum absolute atomic E-state index is 14.4. The number of esters is 1. The van der Waals surface area contributed by atoms with Gasteiger partial charge in [-0.25, -0.2) is 14.0 Å². The van der Waals surface area contributed by atoms with E-state index in [1.165, 1.54) is 5.56 Å². The molecule has 3 aromatic carbocycles. The zero-order valence-electron chi connectivity index (χ0n) is 22.3. The van der Waals surface area contributed by atoms with Crippen LogP contribution in [0.25, 0.3) is 5.32 Å². The Kier molecular flexibility index (Phi) is 11.8. The Hall–Kier alpha value is -3.55. The number of hydrogen-bond acceptors (Lipinski definition) is 5. The number of carboxylic acid groups (broad SMARTS) is 1. The number of ether oxygens (including phenoxy) is 1. The summed E-state index contributed by atoms with van der Waals surface area (Å²) in [6.07, 6.45) is -0.579. The van der Waals surface area contributed by atoms with E-state index in [2.05, 4.69) is 26.8 Å². The molecule has 9 heteroatoms. The third-order valence-corrected chi connectivity index (χ3v) is 6.86. The van der Waals surface area contributed by atoms with E-state index < -0.39 is 30.6 Å². The molecule has 0 amide bonds. The van der Waals surface area contributed by atoms with Crippen LogP contribution in [0.5, 0.6) is 0 Å². The van der Waals surface area contributed by atoms with Crippen molar-refractivity contribution in [3.05, 3.63) is 107 Å². The van der Waals surface area contributed by atoms with Gasteiger partial charge in [0, 0.05) is 18.5 Å². The van der Waals surface area contributed by atoms with E-state index >= 15 is 0 Å². The number of alkyl halides is 1. The van der Waals surface area contributed by atoms with Crippen molar-refractivity contribution >= 4 is 23.3 Å². The summed E-state index contributed by atoms with van der Waals surface area (Å²) in [7, 11) is 1.06. The van der Waals surface area contributed by atoms with Gasteiger partial charge in [0.2, 0.25) is 0 Å². The van der Waals surface area contributed by atoms with Crippen molar-refractivity contribution in [1.82, 2.24) is 4.90 Å². The maximum Gasteiger partial charge on any atom is 2.00 e. The Bertz CT molecular complexity index is 1280. The fraction of sp³-hybridized carbons (Fsp3) is 0.323. The van der Waals surface area contributed by atoms with Crippen molar-refractivity contribution in [1.29, 1.82) is 0 Å². The molecule has 212 valence electrons. The number of methoxy groups -OCH3 is 1. The molecule has 4 rings (SSSR count). The first-order valence-electron chi connectivity index (χ1n) is 13.1. The van der Waals surface area contributed by atoms with Crippen LogP contribution in [0.1, 0.15) is 36.0 Å². The van der Waals surface area contributed by atoms with Gasteiger partial charge in [0.25, 0.3) is 0 Å². The third kappa shape index (κ3) is 8.23. The van der Waals surface area contributed by atoms with E-state index in [1.807, 2.05) is 72.8 Å². The van der Waals surface area contributed by atoms with Crippen LogP contribution >= 0.6 is 0 Å². The number of halogens is 1. The van der Waals surface area contributed by atoms with Crippen molar-refractivity contribution in [2.24, 2.45) is 4.99 Å². The van der Waals surface area contributed by atoms with Gasteiger partial charge < -0.3 is 15.2 Å². The first-order valence-corrected chi connectivity index (χ1v) is 13.1. The van der Waals surface area contributed by atoms with Gasteiger partial charge in [-0.15, -0.1) is 12.2 Å². The Morgan fingerprint density at radius 3 is 2.38 bits per heavy atom. The first kappa shape index (κ1) is 31.0. The molecule has 1 aliphatic heterocycles. The zero-order valence-corrected chi connectivity index (χ0v) is 23.3. The minimum absolute atomic E-state index is 0. The van der Waals surface area contributed by atoms with Crippen molar-refractivity contribution in [3.63, 3.8) is 0 Å². The SMILES string of the molecule is COC(=O)C(F)CC(N=C(c1ccccc1)c1ccccc1[N-]CC1CCCN1Cc1ccccc1)C(=O)O.[Ni+2]. The monoisotopic (exact) mass is 588 g/mol. The molecular formula is C31H33FN3NiO4+. The molecule has 1 saturated heterocycles. The van der Waals surface area contributed by atoms with Crippen LogP contribution < -0.4 is 0 Å². The standard InChI is InChI=1S/C31H34FN3O4.Ni/c1-39-31(38)26(32)19-28(30(36)37)34-29(23-13-6-3-7-14-23)25-16-8-9-17-27(25)33-20-24-15-10-18-35(24)21-22-11-4-2-5-12-22;/h2-9,11-14,16-17,24,26,28H,10,15,18-21H2,1H3,(H2,33,34,36,37);/q;+2/p-1. The Balaban J connectivity index is 0.00000441. The van der Waals surface area contributed by atoms with E-state index in [-0.39, 0.29) is 22.5 Å². The minimum atomic E-state index is -2.10. The number of carbonyl (C=O) groups is 2. The number of benzene rings is 3. The van der Waals surface area contributed by atoms with Gasteiger partial charge in [0.1, 0.15) is 0 Å². The van der Waals surface area contributed by atoms with Gasteiger partial charge in [0.15, 0.2) is 12.2 Å². The number of para-hydroxylation sites is 1. The molecule has 0 saturated carbocycles. The van der Waals surface area contributed by atoms with E-state index in [0.717, 1.165) is 33.0 Å². The van der Waals surface area contributed by atoms with Gasteiger partial charge in [-0.05, 0) is 36.6 Å². The number of carboxylic acids is 1. The molecule has 3 atom stereocenters. The predicted octanol–water partition coefficient (Wildman–Crippen LogP) is 5.55. The summed E-state index contributed by atoms with van der Waals surface area (Å²) in [6.45, 7) is 2.46. The summed E-state index contributed by atoms with van der Waals surface area (Å²) in [5, 5.41) is 14.8. The molecule has 1 N–H and O–H groups in total. The first-order chi connectivity index (χ1) is 19.0. The average molecular weight is 589 g/mol. The summed E-state index contributed by atoms with van der Waals surface area (Å²) in [5.41, 5.74) is 3.65. The predicted molar refractivity (Wildman–Crippen MR) is 149 cm³/mol. The van der Waals surface area contributed by atoms with Gasteiger partial charge in [0.05, 0.1) is 12.8 Å². The quantitative estimate of drug-likeness (QED) is 0.170. The van der Waals surface area contributed by atoms with Crippen LogP contribution in [0, 0.1) is 0 Å². The molecule has 7 nitrogen and oxygen atoms in total.